The van der Waals surface area contributed by atoms with Gasteiger partial charge in [-0.3, -0.25) is 4.72 Å². The van der Waals surface area contributed by atoms with Crippen molar-refractivity contribution in [3.8, 4) is 0 Å². The van der Waals surface area contributed by atoms with E-state index in [1.807, 2.05) is 18.6 Å². The number of nitrogens with zero attached hydrogens (tertiary/aromatic N) is 1. The number of nitrogens with one attached hydrogen (secondary N) is 1. The molecule has 0 aliphatic rings. The van der Waals surface area contributed by atoms with Gasteiger partial charge in [0.15, 0.2) is 0 Å². The summed E-state index contributed by atoms with van der Waals surface area (Å²) in [5, 5.41) is 0. The lowest BCUT2D eigenvalue weighted by molar-refractivity contribution is 0.515. The lowest BCUT2D eigenvalue weighted by Crippen LogP contribution is -2.19. The lowest BCUT2D eigenvalue weighted by Gasteiger charge is -2.09. The molecule has 4 nitrogen and oxygen atoms in total. The molecule has 0 atom stereocenters. The minimum Gasteiger partial charge on any atom is -0.279 e. The third-order valence-corrected chi connectivity index (χ3v) is 3.35. The molecule has 96 valence electrons. The Hall–Kier alpha value is -1.24. The number of hydrogen-bond donors (Lipinski definition) is 1. The predicted molar refractivity (Wildman–Crippen MR) is 61.0 cm³/mol. The van der Waals surface area contributed by atoms with Gasteiger partial charge in [-0.25, -0.2) is 8.42 Å². The maximum absolute atomic E-state index is 13.1. The summed E-state index contributed by atoms with van der Waals surface area (Å²) in [5.74, 6) is -2.05. The first-order chi connectivity index (χ1) is 7.80. The number of rotatable bonds is 5. The topological polar surface area (TPSA) is 59.1 Å². The Bertz CT molecular complexity index is 489. The molecule has 0 fully saturated rings. The van der Waals surface area contributed by atoms with Crippen molar-refractivity contribution in [2.75, 3.05) is 10.5 Å². The van der Waals surface area contributed by atoms with E-state index in [4.69, 9.17) is 0 Å². The minimum atomic E-state index is -3.62. The second-order valence-electron chi connectivity index (χ2n) is 4.08. The molecule has 0 amide bonds. The minimum absolute atomic E-state index is 0.110. The standard InChI is InChI=1S/C10H14F2N2O2S/c1-7(2)5-6-17(15,16)14-8-3-4-9(11)13-10(8)12/h3-4,7,14H,5-6H2,1-2H3. The van der Waals surface area contributed by atoms with Crippen LogP contribution in [0.2, 0.25) is 0 Å². The molecule has 0 aromatic carbocycles. The second-order valence-corrected chi connectivity index (χ2v) is 5.92. The highest BCUT2D eigenvalue weighted by atomic mass is 32.2. The number of hydrogen-bond acceptors (Lipinski definition) is 3. The van der Waals surface area contributed by atoms with Gasteiger partial charge < -0.3 is 0 Å². The van der Waals surface area contributed by atoms with Crippen molar-refractivity contribution in [2.45, 2.75) is 20.3 Å². The monoisotopic (exact) mass is 264 g/mol. The number of pyridine rings is 1. The summed E-state index contributed by atoms with van der Waals surface area (Å²) in [4.78, 5) is 2.89. The van der Waals surface area contributed by atoms with Crippen molar-refractivity contribution in [3.05, 3.63) is 24.0 Å². The fraction of sp³-hybridized carbons (Fsp3) is 0.500. The molecule has 1 N–H and O–H groups in total. The van der Waals surface area contributed by atoms with Crippen LogP contribution in [0.3, 0.4) is 0 Å². The second kappa shape index (κ2) is 5.39. The Morgan fingerprint density at radius 3 is 2.53 bits per heavy atom. The fourth-order valence-electron chi connectivity index (χ4n) is 1.10. The molecule has 0 aliphatic carbocycles. The van der Waals surface area contributed by atoms with Crippen LogP contribution in [0.4, 0.5) is 14.5 Å². The summed E-state index contributed by atoms with van der Waals surface area (Å²) in [6.07, 6.45) is 0.464. The van der Waals surface area contributed by atoms with Crippen LogP contribution in [0, 0.1) is 17.8 Å². The van der Waals surface area contributed by atoms with E-state index in [0.717, 1.165) is 12.1 Å². The Kier molecular flexibility index (Phi) is 4.39. The zero-order valence-corrected chi connectivity index (χ0v) is 10.4. The molecular formula is C10H14F2N2O2S. The molecular weight excluding hydrogens is 250 g/mol. The molecule has 7 heteroatoms. The molecule has 0 saturated carbocycles. The van der Waals surface area contributed by atoms with Crippen molar-refractivity contribution in [2.24, 2.45) is 5.92 Å². The van der Waals surface area contributed by atoms with Gasteiger partial charge in [-0.05, 0) is 24.5 Å². The number of halogens is 2. The van der Waals surface area contributed by atoms with Crippen molar-refractivity contribution in [1.82, 2.24) is 4.98 Å². The molecule has 0 radical (unpaired) electrons. The Labute approximate surface area is 99.1 Å². The molecule has 1 aromatic rings. The van der Waals surface area contributed by atoms with E-state index in [-0.39, 0.29) is 17.4 Å². The molecule has 0 bridgehead atoms. The number of anilines is 1. The summed E-state index contributed by atoms with van der Waals surface area (Å²) in [5.41, 5.74) is -0.338. The number of aromatic nitrogens is 1. The summed E-state index contributed by atoms with van der Waals surface area (Å²) >= 11 is 0. The van der Waals surface area contributed by atoms with Gasteiger partial charge in [0.25, 0.3) is 0 Å². The third kappa shape index (κ3) is 4.64. The lowest BCUT2D eigenvalue weighted by atomic mass is 10.2. The van der Waals surface area contributed by atoms with E-state index in [9.17, 15) is 17.2 Å². The summed E-state index contributed by atoms with van der Waals surface area (Å²) in [6.45, 7) is 3.77. The molecule has 1 aromatic heterocycles. The Balaban J connectivity index is 2.76. The van der Waals surface area contributed by atoms with E-state index in [0.29, 0.717) is 6.42 Å². The highest BCUT2D eigenvalue weighted by Crippen LogP contribution is 2.14. The van der Waals surface area contributed by atoms with Gasteiger partial charge in [-0.1, -0.05) is 13.8 Å². The van der Waals surface area contributed by atoms with Gasteiger partial charge in [-0.15, -0.1) is 0 Å². The van der Waals surface area contributed by atoms with E-state index in [1.54, 1.807) is 0 Å². The van der Waals surface area contributed by atoms with Crippen molar-refractivity contribution in [1.29, 1.82) is 0 Å². The normalized spacial score (nSPS) is 11.8. The fourth-order valence-corrected chi connectivity index (χ4v) is 2.47. The quantitative estimate of drug-likeness (QED) is 0.829. The molecule has 1 rings (SSSR count). The van der Waals surface area contributed by atoms with E-state index < -0.39 is 21.9 Å². The first kappa shape index (κ1) is 13.8. The van der Waals surface area contributed by atoms with E-state index in [2.05, 4.69) is 4.98 Å². The highest BCUT2D eigenvalue weighted by Gasteiger charge is 2.14. The van der Waals surface area contributed by atoms with Crippen LogP contribution in [0.1, 0.15) is 20.3 Å². The molecule has 0 unspecified atom stereocenters. The van der Waals surface area contributed by atoms with Crippen molar-refractivity contribution >= 4 is 15.7 Å². The summed E-state index contributed by atoms with van der Waals surface area (Å²) in [7, 11) is -3.62. The van der Waals surface area contributed by atoms with Crippen LogP contribution in [-0.4, -0.2) is 19.2 Å². The van der Waals surface area contributed by atoms with Crippen molar-refractivity contribution < 1.29 is 17.2 Å². The molecule has 17 heavy (non-hydrogen) atoms. The Morgan fingerprint density at radius 2 is 2.00 bits per heavy atom. The van der Waals surface area contributed by atoms with Crippen LogP contribution >= 0.6 is 0 Å². The SMILES string of the molecule is CC(C)CCS(=O)(=O)Nc1ccc(F)nc1F. The van der Waals surface area contributed by atoms with Crippen LogP contribution in [0.25, 0.3) is 0 Å². The van der Waals surface area contributed by atoms with Crippen LogP contribution in [-0.2, 0) is 10.0 Å². The maximum Gasteiger partial charge on any atom is 0.239 e. The van der Waals surface area contributed by atoms with Gasteiger partial charge in [0, 0.05) is 0 Å². The average Bonchev–Trinajstić information content (AvgIpc) is 2.20. The van der Waals surface area contributed by atoms with Gasteiger partial charge in [0.05, 0.1) is 5.75 Å². The summed E-state index contributed by atoms with van der Waals surface area (Å²) < 4.78 is 50.7. The first-order valence-electron chi connectivity index (χ1n) is 5.12. The predicted octanol–water partition coefficient (Wildman–Crippen LogP) is 2.15. The van der Waals surface area contributed by atoms with Gasteiger partial charge >= 0.3 is 0 Å². The third-order valence-electron chi connectivity index (χ3n) is 2.04. The average molecular weight is 264 g/mol. The van der Waals surface area contributed by atoms with E-state index in [1.165, 1.54) is 0 Å². The van der Waals surface area contributed by atoms with Crippen molar-refractivity contribution in [3.63, 3.8) is 0 Å². The first-order valence-corrected chi connectivity index (χ1v) is 6.78. The number of sulfonamides is 1. The molecule has 0 saturated heterocycles. The smallest absolute Gasteiger partial charge is 0.239 e. The Morgan fingerprint density at radius 1 is 1.35 bits per heavy atom. The maximum atomic E-state index is 13.1. The molecule has 0 spiro atoms. The van der Waals surface area contributed by atoms with E-state index >= 15 is 0 Å². The zero-order chi connectivity index (χ0) is 13.1. The van der Waals surface area contributed by atoms with Crippen LogP contribution < -0.4 is 4.72 Å². The zero-order valence-electron chi connectivity index (χ0n) is 9.57. The van der Waals surface area contributed by atoms with Gasteiger partial charge in [0.1, 0.15) is 5.69 Å². The molecule has 1 heterocycles. The largest absolute Gasteiger partial charge is 0.279 e. The van der Waals surface area contributed by atoms with Gasteiger partial charge in [0.2, 0.25) is 21.9 Å². The highest BCUT2D eigenvalue weighted by molar-refractivity contribution is 7.92. The molecule has 0 aliphatic heterocycles. The summed E-state index contributed by atoms with van der Waals surface area (Å²) in [6, 6.07) is 1.90. The van der Waals surface area contributed by atoms with Gasteiger partial charge in [-0.2, -0.15) is 13.8 Å². The van der Waals surface area contributed by atoms with Crippen LogP contribution in [0.5, 0.6) is 0 Å². The van der Waals surface area contributed by atoms with Crippen LogP contribution in [0.15, 0.2) is 12.1 Å².